The van der Waals surface area contributed by atoms with Crippen LogP contribution in [0.2, 0.25) is 0 Å². The summed E-state index contributed by atoms with van der Waals surface area (Å²) in [6.45, 7) is 7.50. The number of H-pyrrole nitrogens is 1. The molecule has 1 aliphatic rings. The summed E-state index contributed by atoms with van der Waals surface area (Å²) in [5.74, 6) is 0.0506. The minimum atomic E-state index is -0.414. The summed E-state index contributed by atoms with van der Waals surface area (Å²) >= 11 is 0. The molecule has 0 fully saturated rings. The van der Waals surface area contributed by atoms with Crippen LogP contribution >= 0.6 is 0 Å². The van der Waals surface area contributed by atoms with Crippen molar-refractivity contribution in [1.29, 1.82) is 5.26 Å². The van der Waals surface area contributed by atoms with Gasteiger partial charge in [-0.05, 0) is 17.7 Å². The van der Waals surface area contributed by atoms with E-state index in [0.717, 1.165) is 16.8 Å². The number of nitrogens with zero attached hydrogens (tertiary/aromatic N) is 2. The van der Waals surface area contributed by atoms with E-state index < -0.39 is 11.9 Å². The molecule has 134 valence electrons. The Balaban J connectivity index is 2.14. The first-order chi connectivity index (χ1) is 12.2. The number of hydrogen-bond acceptors (Lipinski definition) is 6. The zero-order valence-electron chi connectivity index (χ0n) is 15.1. The van der Waals surface area contributed by atoms with Crippen LogP contribution in [0.4, 0.5) is 0 Å². The van der Waals surface area contributed by atoms with Gasteiger partial charge >= 0.3 is 5.97 Å². The zero-order valence-corrected chi connectivity index (χ0v) is 15.1. The molecule has 2 aromatic rings. The smallest absolute Gasteiger partial charge is 0.308 e. The highest BCUT2D eigenvalue weighted by Crippen LogP contribution is 2.45. The molecule has 3 N–H and O–H groups in total. The van der Waals surface area contributed by atoms with Crippen LogP contribution in [0.15, 0.2) is 35.7 Å². The van der Waals surface area contributed by atoms with E-state index in [1.165, 1.54) is 6.92 Å². The lowest BCUT2D eigenvalue weighted by atomic mass is 9.79. The van der Waals surface area contributed by atoms with Crippen LogP contribution < -0.4 is 15.2 Å². The average Bonchev–Trinajstić information content (AvgIpc) is 2.97. The molecule has 1 aromatic carbocycles. The molecule has 0 saturated carbocycles. The van der Waals surface area contributed by atoms with Crippen molar-refractivity contribution in [3.05, 3.63) is 52.5 Å². The Morgan fingerprint density at radius 2 is 2.00 bits per heavy atom. The van der Waals surface area contributed by atoms with Gasteiger partial charge in [-0.3, -0.25) is 9.89 Å². The molecule has 1 unspecified atom stereocenters. The minimum absolute atomic E-state index is 0.0426. The number of rotatable bonds is 2. The second kappa shape index (κ2) is 6.23. The fourth-order valence-electron chi connectivity index (χ4n) is 3.04. The van der Waals surface area contributed by atoms with E-state index in [9.17, 15) is 10.1 Å². The van der Waals surface area contributed by atoms with Crippen molar-refractivity contribution >= 4 is 5.97 Å². The van der Waals surface area contributed by atoms with E-state index in [1.54, 1.807) is 12.1 Å². The predicted molar refractivity (Wildman–Crippen MR) is 94.3 cm³/mol. The monoisotopic (exact) mass is 352 g/mol. The fraction of sp³-hybridized carbons (Fsp3) is 0.316. The molecule has 3 rings (SSSR count). The van der Waals surface area contributed by atoms with Crippen LogP contribution in [-0.2, 0) is 10.2 Å². The molecule has 26 heavy (non-hydrogen) atoms. The van der Waals surface area contributed by atoms with Crippen molar-refractivity contribution in [1.82, 2.24) is 10.2 Å². The molecule has 0 bridgehead atoms. The van der Waals surface area contributed by atoms with Crippen LogP contribution in [-0.4, -0.2) is 16.2 Å². The number of fused-ring (bicyclic) bond motifs is 1. The van der Waals surface area contributed by atoms with Gasteiger partial charge in [-0.1, -0.05) is 32.9 Å². The Hall–Kier alpha value is -3.27. The first-order valence-electron chi connectivity index (χ1n) is 8.17. The van der Waals surface area contributed by atoms with Gasteiger partial charge in [-0.25, -0.2) is 0 Å². The number of nitrogens with one attached hydrogen (secondary N) is 1. The second-order valence-corrected chi connectivity index (χ2v) is 7.15. The summed E-state index contributed by atoms with van der Waals surface area (Å²) < 4.78 is 10.6. The first-order valence-corrected chi connectivity index (χ1v) is 8.17. The van der Waals surface area contributed by atoms with Crippen LogP contribution in [0, 0.1) is 11.3 Å². The third-order valence-electron chi connectivity index (χ3n) is 4.16. The number of carbonyl (C=O) groups is 1. The van der Waals surface area contributed by atoms with E-state index in [2.05, 4.69) is 37.0 Å². The van der Waals surface area contributed by atoms with Gasteiger partial charge in [-0.15, -0.1) is 5.10 Å². The highest BCUT2D eigenvalue weighted by Gasteiger charge is 2.37. The molecular weight excluding hydrogens is 332 g/mol. The van der Waals surface area contributed by atoms with Crippen molar-refractivity contribution in [2.75, 3.05) is 0 Å². The maximum atomic E-state index is 11.1. The normalized spacial score (nSPS) is 16.5. The summed E-state index contributed by atoms with van der Waals surface area (Å²) in [4.78, 5) is 11.1. The molecule has 1 atom stereocenters. The van der Waals surface area contributed by atoms with E-state index in [4.69, 9.17) is 15.2 Å². The lowest BCUT2D eigenvalue weighted by Crippen LogP contribution is -2.23. The van der Waals surface area contributed by atoms with Gasteiger partial charge in [0.2, 0.25) is 11.8 Å². The Morgan fingerprint density at radius 3 is 2.54 bits per heavy atom. The highest BCUT2D eigenvalue weighted by molar-refractivity contribution is 5.69. The number of esters is 1. The van der Waals surface area contributed by atoms with E-state index in [1.807, 2.05) is 12.1 Å². The summed E-state index contributed by atoms with van der Waals surface area (Å²) in [5, 5.41) is 16.9. The SMILES string of the molecule is CC(=O)Oc1ccc(C2C(C#N)=C(N)Oc3n[nH]c(C(C)(C)C)c32)cc1. The molecule has 0 radical (unpaired) electrons. The van der Waals surface area contributed by atoms with Crippen molar-refractivity contribution < 1.29 is 14.3 Å². The Kier molecular flexibility index (Phi) is 4.20. The van der Waals surface area contributed by atoms with Gasteiger partial charge in [0.1, 0.15) is 17.4 Å². The molecule has 7 nitrogen and oxygen atoms in total. The maximum absolute atomic E-state index is 11.1. The predicted octanol–water partition coefficient (Wildman–Crippen LogP) is 2.85. The number of nitrogens with two attached hydrogens (primary N) is 1. The van der Waals surface area contributed by atoms with Crippen molar-refractivity contribution in [3.63, 3.8) is 0 Å². The van der Waals surface area contributed by atoms with E-state index in [-0.39, 0.29) is 11.3 Å². The average molecular weight is 352 g/mol. The van der Waals surface area contributed by atoms with Gasteiger partial charge in [-0.2, -0.15) is 5.26 Å². The first kappa shape index (κ1) is 17.5. The van der Waals surface area contributed by atoms with Gasteiger partial charge < -0.3 is 15.2 Å². The number of ether oxygens (including phenoxy) is 2. The molecule has 1 aliphatic heterocycles. The summed E-state index contributed by atoms with van der Waals surface area (Å²) in [7, 11) is 0. The van der Waals surface area contributed by atoms with E-state index >= 15 is 0 Å². The Labute approximate surface area is 151 Å². The number of allylic oxidation sites excluding steroid dienone is 1. The minimum Gasteiger partial charge on any atom is -0.427 e. The second-order valence-electron chi connectivity index (χ2n) is 7.15. The quantitative estimate of drug-likeness (QED) is 0.634. The number of hydrogen-bond donors (Lipinski definition) is 2. The number of aromatic nitrogens is 2. The van der Waals surface area contributed by atoms with Gasteiger partial charge in [0.15, 0.2) is 0 Å². The van der Waals surface area contributed by atoms with Crippen molar-refractivity contribution in [2.45, 2.75) is 39.0 Å². The third kappa shape index (κ3) is 3.02. The summed E-state index contributed by atoms with van der Waals surface area (Å²) in [6.07, 6.45) is 0. The Morgan fingerprint density at radius 1 is 1.35 bits per heavy atom. The summed E-state index contributed by atoms with van der Waals surface area (Å²) in [6, 6.07) is 9.15. The molecule has 0 aliphatic carbocycles. The van der Waals surface area contributed by atoms with Crippen molar-refractivity contribution in [3.8, 4) is 17.7 Å². The highest BCUT2D eigenvalue weighted by atomic mass is 16.5. The number of nitriles is 1. The molecule has 2 heterocycles. The standard InChI is InChI=1S/C19H20N4O3/c1-10(24)25-12-7-5-11(6-8-12)14-13(9-20)17(21)26-18-15(14)16(22-23-18)19(2,3)4/h5-8,14H,21H2,1-4H3,(H,22,23). The van der Waals surface area contributed by atoms with Crippen LogP contribution in [0.25, 0.3) is 0 Å². The molecule has 0 spiro atoms. The lowest BCUT2D eigenvalue weighted by Gasteiger charge is -2.27. The fourth-order valence-corrected chi connectivity index (χ4v) is 3.04. The van der Waals surface area contributed by atoms with Crippen LogP contribution in [0.3, 0.4) is 0 Å². The van der Waals surface area contributed by atoms with Gasteiger partial charge in [0, 0.05) is 18.0 Å². The topological polar surface area (TPSA) is 114 Å². The van der Waals surface area contributed by atoms with Gasteiger partial charge in [0.25, 0.3) is 0 Å². The molecule has 1 aromatic heterocycles. The number of benzene rings is 1. The van der Waals surface area contributed by atoms with Crippen LogP contribution in [0.1, 0.15) is 50.4 Å². The molecular formula is C19H20N4O3. The van der Waals surface area contributed by atoms with Gasteiger partial charge in [0.05, 0.1) is 11.5 Å². The molecule has 0 saturated heterocycles. The van der Waals surface area contributed by atoms with Crippen molar-refractivity contribution in [2.24, 2.45) is 5.73 Å². The number of carbonyl (C=O) groups excluding carboxylic acids is 1. The molecule has 0 amide bonds. The lowest BCUT2D eigenvalue weighted by molar-refractivity contribution is -0.131. The van der Waals surface area contributed by atoms with Crippen LogP contribution in [0.5, 0.6) is 11.6 Å². The number of aromatic amines is 1. The zero-order chi connectivity index (χ0) is 19.1. The Bertz CT molecular complexity index is 927. The third-order valence-corrected chi connectivity index (χ3v) is 4.16. The van der Waals surface area contributed by atoms with E-state index in [0.29, 0.717) is 17.2 Å². The largest absolute Gasteiger partial charge is 0.427 e. The molecule has 7 heteroatoms. The maximum Gasteiger partial charge on any atom is 0.308 e. The summed E-state index contributed by atoms with van der Waals surface area (Å²) in [5.41, 5.74) is 8.55.